The topological polar surface area (TPSA) is 64.7 Å². The molecule has 0 atom stereocenters. The van der Waals surface area contributed by atoms with Gasteiger partial charge in [0.15, 0.2) is 0 Å². The number of alkyl halides is 2. The molecule has 7 heteroatoms. The van der Waals surface area contributed by atoms with Crippen LogP contribution in [0.25, 0.3) is 11.1 Å². The van der Waals surface area contributed by atoms with Crippen molar-refractivity contribution < 1.29 is 22.7 Å². The molecule has 0 aliphatic carbocycles. The Bertz CT molecular complexity index is 759. The van der Waals surface area contributed by atoms with Crippen LogP contribution >= 0.6 is 0 Å². The van der Waals surface area contributed by atoms with Crippen molar-refractivity contribution in [1.29, 1.82) is 0 Å². The maximum Gasteiger partial charge on any atom is 0.404 e. The lowest BCUT2D eigenvalue weighted by atomic mass is 10.0. The summed E-state index contributed by atoms with van der Waals surface area (Å²) in [6.07, 6.45) is -3.52. The maximum atomic E-state index is 14.4. The molecule has 0 saturated carbocycles. The summed E-state index contributed by atoms with van der Waals surface area (Å²) in [6, 6.07) is 9.74. The molecule has 126 valence electrons. The Morgan fingerprint density at radius 3 is 2.38 bits per heavy atom. The molecule has 2 aromatic carbocycles. The highest BCUT2D eigenvalue weighted by atomic mass is 19.3. The number of ether oxygens (including phenoxy) is 1. The van der Waals surface area contributed by atoms with E-state index in [1.807, 2.05) is 0 Å². The van der Waals surface area contributed by atoms with Gasteiger partial charge in [-0.15, -0.1) is 0 Å². The summed E-state index contributed by atoms with van der Waals surface area (Å²) in [5.74, 6) is -0.544. The summed E-state index contributed by atoms with van der Waals surface area (Å²) in [7, 11) is 1.48. The van der Waals surface area contributed by atoms with E-state index in [1.165, 1.54) is 43.4 Å². The minimum atomic E-state index is -2.57. The van der Waals surface area contributed by atoms with Gasteiger partial charge in [-0.05, 0) is 11.6 Å². The first kappa shape index (κ1) is 17.5. The second kappa shape index (κ2) is 7.63. The van der Waals surface area contributed by atoms with Crippen molar-refractivity contribution in [2.75, 3.05) is 13.7 Å². The SMILES string of the molecule is C/N=C(\COC(N)=O)c1ccc(-c2ccc(C(F)F)cc2)c(F)c1. The summed E-state index contributed by atoms with van der Waals surface area (Å²) in [4.78, 5) is 14.6. The van der Waals surface area contributed by atoms with Crippen molar-refractivity contribution in [1.82, 2.24) is 0 Å². The predicted molar refractivity (Wildman–Crippen MR) is 84.8 cm³/mol. The number of nitrogens with two attached hydrogens (primary N) is 1. The zero-order valence-electron chi connectivity index (χ0n) is 12.8. The molecule has 1 amide bonds. The number of hydrogen-bond acceptors (Lipinski definition) is 3. The Kier molecular flexibility index (Phi) is 5.57. The smallest absolute Gasteiger partial charge is 0.404 e. The van der Waals surface area contributed by atoms with E-state index in [9.17, 15) is 18.0 Å². The van der Waals surface area contributed by atoms with Crippen LogP contribution < -0.4 is 5.73 Å². The summed E-state index contributed by atoms with van der Waals surface area (Å²) >= 11 is 0. The molecule has 24 heavy (non-hydrogen) atoms. The zero-order chi connectivity index (χ0) is 17.7. The minimum Gasteiger partial charge on any atom is -0.443 e. The standard InChI is InChI=1S/C17H15F3N2O2/c1-22-15(9-24-17(21)23)12-6-7-13(14(18)8-12)10-2-4-11(5-3-10)16(19)20/h2-8,16H,9H2,1H3,(H2,21,23)/b22-15+. The first-order valence-electron chi connectivity index (χ1n) is 6.98. The van der Waals surface area contributed by atoms with Gasteiger partial charge in [0.1, 0.15) is 12.4 Å². The number of benzene rings is 2. The molecule has 2 N–H and O–H groups in total. The summed E-state index contributed by atoms with van der Waals surface area (Å²) in [6.45, 7) is -0.173. The van der Waals surface area contributed by atoms with Crippen LogP contribution in [0.1, 0.15) is 17.6 Å². The van der Waals surface area contributed by atoms with Gasteiger partial charge in [0.25, 0.3) is 6.43 Å². The van der Waals surface area contributed by atoms with Crippen LogP contribution in [0.5, 0.6) is 0 Å². The van der Waals surface area contributed by atoms with E-state index >= 15 is 0 Å². The molecule has 0 radical (unpaired) electrons. The number of amides is 1. The molecule has 2 rings (SSSR count). The second-order valence-electron chi connectivity index (χ2n) is 4.90. The van der Waals surface area contributed by atoms with Crippen LogP contribution in [0.15, 0.2) is 47.5 Å². The maximum absolute atomic E-state index is 14.4. The van der Waals surface area contributed by atoms with E-state index in [0.29, 0.717) is 16.8 Å². The van der Waals surface area contributed by atoms with Crippen LogP contribution in [-0.4, -0.2) is 25.5 Å². The first-order valence-corrected chi connectivity index (χ1v) is 6.98. The van der Waals surface area contributed by atoms with Gasteiger partial charge in [-0.1, -0.05) is 36.4 Å². The van der Waals surface area contributed by atoms with Crippen molar-refractivity contribution in [3.8, 4) is 11.1 Å². The first-order chi connectivity index (χ1) is 11.4. The van der Waals surface area contributed by atoms with Crippen molar-refractivity contribution in [2.45, 2.75) is 6.43 Å². The lowest BCUT2D eigenvalue weighted by Gasteiger charge is -2.09. The Labute approximate surface area is 136 Å². The highest BCUT2D eigenvalue weighted by Crippen LogP contribution is 2.27. The number of carbonyl (C=O) groups excluding carboxylic acids is 1. The lowest BCUT2D eigenvalue weighted by Crippen LogP contribution is -2.19. The third-order valence-electron chi connectivity index (χ3n) is 3.40. The van der Waals surface area contributed by atoms with Gasteiger partial charge in [0, 0.05) is 23.7 Å². The van der Waals surface area contributed by atoms with E-state index in [1.54, 1.807) is 6.07 Å². The van der Waals surface area contributed by atoms with Crippen LogP contribution in [0.4, 0.5) is 18.0 Å². The molecular weight excluding hydrogens is 321 g/mol. The van der Waals surface area contributed by atoms with Crippen molar-refractivity contribution >= 4 is 11.8 Å². The minimum absolute atomic E-state index is 0.125. The van der Waals surface area contributed by atoms with Crippen LogP contribution in [0, 0.1) is 5.82 Å². The van der Waals surface area contributed by atoms with Crippen molar-refractivity contribution in [2.24, 2.45) is 10.7 Å². The molecular formula is C17H15F3N2O2. The number of primary amides is 1. The molecule has 0 bridgehead atoms. The fourth-order valence-electron chi connectivity index (χ4n) is 2.15. The molecule has 0 aromatic heterocycles. The van der Waals surface area contributed by atoms with Gasteiger partial charge < -0.3 is 10.5 Å². The molecule has 0 spiro atoms. The third-order valence-corrected chi connectivity index (χ3v) is 3.40. The number of halogens is 3. The summed E-state index contributed by atoms with van der Waals surface area (Å²) in [5, 5.41) is 0. The second-order valence-corrected chi connectivity index (χ2v) is 4.90. The van der Waals surface area contributed by atoms with Gasteiger partial charge in [0.05, 0.1) is 5.71 Å². The average Bonchev–Trinajstić information content (AvgIpc) is 2.55. The van der Waals surface area contributed by atoms with Crippen molar-refractivity contribution in [3.63, 3.8) is 0 Å². The van der Waals surface area contributed by atoms with E-state index < -0.39 is 18.3 Å². The fourth-order valence-corrected chi connectivity index (χ4v) is 2.15. The Morgan fingerprint density at radius 1 is 1.21 bits per heavy atom. The Balaban J connectivity index is 2.27. The molecule has 0 unspecified atom stereocenters. The van der Waals surface area contributed by atoms with Gasteiger partial charge in [-0.25, -0.2) is 18.0 Å². The van der Waals surface area contributed by atoms with Crippen LogP contribution in [0.2, 0.25) is 0 Å². The van der Waals surface area contributed by atoms with Gasteiger partial charge in [-0.3, -0.25) is 4.99 Å². The number of rotatable bonds is 5. The van der Waals surface area contributed by atoms with Crippen LogP contribution in [0.3, 0.4) is 0 Å². The number of carbonyl (C=O) groups is 1. The number of aliphatic imine (C=N–C) groups is 1. The number of nitrogens with zero attached hydrogens (tertiary/aromatic N) is 1. The van der Waals surface area contributed by atoms with Gasteiger partial charge in [0.2, 0.25) is 0 Å². The summed E-state index contributed by atoms with van der Waals surface area (Å²) < 4.78 is 44.1. The quantitative estimate of drug-likeness (QED) is 0.841. The van der Waals surface area contributed by atoms with E-state index in [4.69, 9.17) is 5.73 Å². The zero-order valence-corrected chi connectivity index (χ0v) is 12.8. The predicted octanol–water partition coefficient (Wildman–Crippen LogP) is 3.94. The molecule has 0 heterocycles. The van der Waals surface area contributed by atoms with Crippen molar-refractivity contribution in [3.05, 3.63) is 59.4 Å². The third kappa shape index (κ3) is 4.13. The Morgan fingerprint density at radius 2 is 1.88 bits per heavy atom. The number of hydrogen-bond donors (Lipinski definition) is 1. The fraction of sp³-hybridized carbons (Fsp3) is 0.176. The molecule has 2 aromatic rings. The van der Waals surface area contributed by atoms with E-state index in [2.05, 4.69) is 9.73 Å². The van der Waals surface area contributed by atoms with Gasteiger partial charge >= 0.3 is 6.09 Å². The van der Waals surface area contributed by atoms with Crippen LogP contribution in [-0.2, 0) is 4.74 Å². The molecule has 0 fully saturated rings. The monoisotopic (exact) mass is 336 g/mol. The normalized spacial score (nSPS) is 11.6. The highest BCUT2D eigenvalue weighted by molar-refractivity contribution is 6.02. The largest absolute Gasteiger partial charge is 0.443 e. The molecule has 0 saturated heterocycles. The molecule has 0 aliphatic heterocycles. The average molecular weight is 336 g/mol. The molecule has 0 aliphatic rings. The highest BCUT2D eigenvalue weighted by Gasteiger charge is 2.12. The Hall–Kier alpha value is -2.83. The lowest BCUT2D eigenvalue weighted by molar-refractivity contribution is 0.151. The van der Waals surface area contributed by atoms with E-state index in [0.717, 1.165) is 0 Å². The van der Waals surface area contributed by atoms with E-state index in [-0.39, 0.29) is 17.7 Å². The molecule has 4 nitrogen and oxygen atoms in total. The summed E-state index contributed by atoms with van der Waals surface area (Å²) in [5.41, 5.74) is 6.30. The van der Waals surface area contributed by atoms with Gasteiger partial charge in [-0.2, -0.15) is 0 Å².